The number of carboxylic acids is 1. The lowest BCUT2D eigenvalue weighted by atomic mass is 9.81. The molecule has 0 spiro atoms. The number of aryl methyl sites for hydroxylation is 2. The molecule has 3 rings (SSSR count). The lowest BCUT2D eigenvalue weighted by Gasteiger charge is -2.25. The van der Waals surface area contributed by atoms with E-state index in [0.717, 1.165) is 29.8 Å². The summed E-state index contributed by atoms with van der Waals surface area (Å²) >= 11 is 0. The SMILES string of the molecule is Cc1nn(C)c(C)c1CC(C)C(=O)N1C[C@@H]2CCC[C@@]2(C(=O)O)C1. The van der Waals surface area contributed by atoms with Gasteiger partial charge in [-0.3, -0.25) is 14.3 Å². The summed E-state index contributed by atoms with van der Waals surface area (Å²) in [6.07, 6.45) is 3.24. The van der Waals surface area contributed by atoms with Crippen LogP contribution in [0.25, 0.3) is 0 Å². The van der Waals surface area contributed by atoms with Crippen molar-refractivity contribution in [2.24, 2.45) is 24.3 Å². The molecule has 2 heterocycles. The quantitative estimate of drug-likeness (QED) is 0.913. The average Bonchev–Trinajstić information content (AvgIpc) is 3.14. The predicted molar refractivity (Wildman–Crippen MR) is 89.5 cm³/mol. The number of carbonyl (C=O) groups is 2. The van der Waals surface area contributed by atoms with E-state index in [1.807, 2.05) is 32.5 Å². The van der Waals surface area contributed by atoms with E-state index in [4.69, 9.17) is 0 Å². The predicted octanol–water partition coefficient (Wildman–Crippen LogP) is 1.93. The molecule has 1 unspecified atom stereocenters. The van der Waals surface area contributed by atoms with Crippen LogP contribution in [-0.2, 0) is 23.1 Å². The minimum Gasteiger partial charge on any atom is -0.481 e. The molecule has 1 N–H and O–H groups in total. The third-order valence-corrected chi connectivity index (χ3v) is 6.20. The molecule has 6 heteroatoms. The molecule has 1 aliphatic carbocycles. The van der Waals surface area contributed by atoms with Crippen molar-refractivity contribution in [3.05, 3.63) is 17.0 Å². The third-order valence-electron chi connectivity index (χ3n) is 6.20. The minimum atomic E-state index is -0.730. The smallest absolute Gasteiger partial charge is 0.311 e. The summed E-state index contributed by atoms with van der Waals surface area (Å²) < 4.78 is 1.85. The average molecular weight is 333 g/mol. The number of carbonyl (C=O) groups excluding carboxylic acids is 1. The third kappa shape index (κ3) is 2.52. The molecule has 1 saturated carbocycles. The summed E-state index contributed by atoms with van der Waals surface area (Å²) in [6.45, 7) is 6.91. The summed E-state index contributed by atoms with van der Waals surface area (Å²) in [5.41, 5.74) is 2.49. The van der Waals surface area contributed by atoms with Crippen LogP contribution < -0.4 is 0 Å². The number of amides is 1. The van der Waals surface area contributed by atoms with Gasteiger partial charge >= 0.3 is 5.97 Å². The van der Waals surface area contributed by atoms with Crippen LogP contribution in [0.2, 0.25) is 0 Å². The summed E-state index contributed by atoms with van der Waals surface area (Å²) in [5.74, 6) is -0.691. The van der Waals surface area contributed by atoms with E-state index >= 15 is 0 Å². The highest BCUT2D eigenvalue weighted by Gasteiger charge is 2.56. The van der Waals surface area contributed by atoms with Crippen LogP contribution in [-0.4, -0.2) is 44.8 Å². The maximum atomic E-state index is 12.9. The van der Waals surface area contributed by atoms with Gasteiger partial charge in [0.25, 0.3) is 0 Å². The molecule has 3 atom stereocenters. The van der Waals surface area contributed by atoms with Crippen LogP contribution in [0.5, 0.6) is 0 Å². The van der Waals surface area contributed by atoms with Crippen molar-refractivity contribution in [2.45, 2.75) is 46.5 Å². The van der Waals surface area contributed by atoms with Crippen LogP contribution in [0, 0.1) is 31.1 Å². The van der Waals surface area contributed by atoms with E-state index in [2.05, 4.69) is 5.10 Å². The molecule has 1 amide bonds. The molecule has 1 aromatic heterocycles. The fourth-order valence-corrected chi connectivity index (χ4v) is 4.62. The number of hydrogen-bond donors (Lipinski definition) is 1. The number of rotatable bonds is 4. The van der Waals surface area contributed by atoms with Gasteiger partial charge in [0, 0.05) is 31.7 Å². The first-order chi connectivity index (χ1) is 11.3. The number of nitrogens with zero attached hydrogens (tertiary/aromatic N) is 3. The lowest BCUT2D eigenvalue weighted by molar-refractivity contribution is -0.149. The minimum absolute atomic E-state index is 0.0766. The maximum Gasteiger partial charge on any atom is 0.311 e. The van der Waals surface area contributed by atoms with Crippen molar-refractivity contribution in [1.82, 2.24) is 14.7 Å². The van der Waals surface area contributed by atoms with Crippen LogP contribution in [0.4, 0.5) is 0 Å². The first kappa shape index (κ1) is 17.0. The van der Waals surface area contributed by atoms with Crippen LogP contribution >= 0.6 is 0 Å². The van der Waals surface area contributed by atoms with Gasteiger partial charge in [-0.1, -0.05) is 13.3 Å². The second-order valence-corrected chi connectivity index (χ2v) is 7.65. The molecule has 1 aromatic rings. The fourth-order valence-electron chi connectivity index (χ4n) is 4.62. The molecule has 1 aliphatic heterocycles. The molecule has 0 radical (unpaired) electrons. The molecule has 1 saturated heterocycles. The molecular formula is C18H27N3O3. The Balaban J connectivity index is 1.72. The Bertz CT molecular complexity index is 681. The van der Waals surface area contributed by atoms with E-state index < -0.39 is 11.4 Å². The van der Waals surface area contributed by atoms with E-state index in [1.54, 1.807) is 4.90 Å². The standard InChI is InChI=1S/C18H27N3O3/c1-11(8-15-12(2)19-20(4)13(15)3)16(22)21-9-14-6-5-7-18(14,10-21)17(23)24/h11,14H,5-10H2,1-4H3,(H,23,24)/t11?,14-,18+/m0/s1. The van der Waals surface area contributed by atoms with Crippen LogP contribution in [0.15, 0.2) is 0 Å². The fraction of sp³-hybridized carbons (Fsp3) is 0.722. The highest BCUT2D eigenvalue weighted by molar-refractivity contribution is 5.82. The van der Waals surface area contributed by atoms with E-state index in [0.29, 0.717) is 25.9 Å². The first-order valence-electron chi connectivity index (χ1n) is 8.77. The Kier molecular flexibility index (Phi) is 4.18. The molecule has 132 valence electrons. The zero-order valence-corrected chi connectivity index (χ0v) is 15.0. The number of likely N-dealkylation sites (tertiary alicyclic amines) is 1. The molecule has 2 fully saturated rings. The zero-order chi connectivity index (χ0) is 17.6. The number of aliphatic carboxylic acids is 1. The molecule has 24 heavy (non-hydrogen) atoms. The van der Waals surface area contributed by atoms with E-state index in [1.165, 1.54) is 0 Å². The second kappa shape index (κ2) is 5.90. The van der Waals surface area contributed by atoms with Gasteiger partial charge in [-0.15, -0.1) is 0 Å². The highest BCUT2D eigenvalue weighted by Crippen LogP contribution is 2.49. The highest BCUT2D eigenvalue weighted by atomic mass is 16.4. The van der Waals surface area contributed by atoms with Gasteiger partial charge in [0.1, 0.15) is 0 Å². The molecule has 0 bridgehead atoms. The number of hydrogen-bond acceptors (Lipinski definition) is 3. The Morgan fingerprint density at radius 1 is 1.42 bits per heavy atom. The zero-order valence-electron chi connectivity index (χ0n) is 15.0. The number of aromatic nitrogens is 2. The van der Waals surface area contributed by atoms with Crippen molar-refractivity contribution in [3.63, 3.8) is 0 Å². The topological polar surface area (TPSA) is 75.4 Å². The summed E-state index contributed by atoms with van der Waals surface area (Å²) in [7, 11) is 1.91. The lowest BCUT2D eigenvalue weighted by Crippen LogP contribution is -2.39. The van der Waals surface area contributed by atoms with Gasteiger partial charge in [-0.05, 0) is 44.6 Å². The maximum absolute atomic E-state index is 12.9. The van der Waals surface area contributed by atoms with Crippen LogP contribution in [0.1, 0.15) is 43.1 Å². The Morgan fingerprint density at radius 2 is 2.12 bits per heavy atom. The largest absolute Gasteiger partial charge is 0.481 e. The number of fused-ring (bicyclic) bond motifs is 1. The Hall–Kier alpha value is -1.85. The van der Waals surface area contributed by atoms with Crippen molar-refractivity contribution < 1.29 is 14.7 Å². The van der Waals surface area contributed by atoms with Crippen molar-refractivity contribution in [1.29, 1.82) is 0 Å². The Morgan fingerprint density at radius 3 is 2.67 bits per heavy atom. The van der Waals surface area contributed by atoms with Gasteiger partial charge < -0.3 is 10.0 Å². The molecule has 2 aliphatic rings. The van der Waals surface area contributed by atoms with Crippen LogP contribution in [0.3, 0.4) is 0 Å². The summed E-state index contributed by atoms with van der Waals surface area (Å²) in [5, 5.41) is 14.1. The molecular weight excluding hydrogens is 306 g/mol. The van der Waals surface area contributed by atoms with Crippen molar-refractivity contribution in [3.8, 4) is 0 Å². The van der Waals surface area contributed by atoms with E-state index in [-0.39, 0.29) is 17.7 Å². The van der Waals surface area contributed by atoms with Gasteiger partial charge in [0.05, 0.1) is 11.1 Å². The second-order valence-electron chi connectivity index (χ2n) is 7.65. The summed E-state index contributed by atoms with van der Waals surface area (Å²) in [4.78, 5) is 26.5. The van der Waals surface area contributed by atoms with Gasteiger partial charge in [-0.2, -0.15) is 5.10 Å². The van der Waals surface area contributed by atoms with E-state index in [9.17, 15) is 14.7 Å². The van der Waals surface area contributed by atoms with Crippen molar-refractivity contribution in [2.75, 3.05) is 13.1 Å². The normalized spacial score (nSPS) is 27.3. The molecule has 6 nitrogen and oxygen atoms in total. The Labute approximate surface area is 142 Å². The summed E-state index contributed by atoms with van der Waals surface area (Å²) in [6, 6.07) is 0. The monoisotopic (exact) mass is 333 g/mol. The van der Waals surface area contributed by atoms with Gasteiger partial charge in [0.2, 0.25) is 5.91 Å². The first-order valence-corrected chi connectivity index (χ1v) is 8.77. The van der Waals surface area contributed by atoms with Crippen molar-refractivity contribution >= 4 is 11.9 Å². The van der Waals surface area contributed by atoms with Gasteiger partial charge in [-0.25, -0.2) is 0 Å². The molecule has 0 aromatic carbocycles. The number of carboxylic acid groups (broad SMARTS) is 1. The van der Waals surface area contributed by atoms with Gasteiger partial charge in [0.15, 0.2) is 0 Å².